The van der Waals surface area contributed by atoms with E-state index in [1.54, 1.807) is 6.07 Å². The van der Waals surface area contributed by atoms with E-state index in [0.29, 0.717) is 24.6 Å². The van der Waals surface area contributed by atoms with Crippen molar-refractivity contribution in [3.8, 4) is 0 Å². The van der Waals surface area contributed by atoms with E-state index in [-0.39, 0.29) is 5.91 Å². The van der Waals surface area contributed by atoms with E-state index in [1.807, 2.05) is 55.5 Å². The Kier molecular flexibility index (Phi) is 6.39. The van der Waals surface area contributed by atoms with E-state index in [2.05, 4.69) is 20.6 Å². The molecule has 5 nitrogen and oxygen atoms in total. The van der Waals surface area contributed by atoms with Crippen LogP contribution in [0, 0.1) is 6.92 Å². The van der Waals surface area contributed by atoms with Gasteiger partial charge in [-0.2, -0.15) is 0 Å². The molecule has 3 aromatic rings. The summed E-state index contributed by atoms with van der Waals surface area (Å²) in [5.74, 6) is 0.395. The molecule has 0 aliphatic carbocycles. The van der Waals surface area contributed by atoms with Crippen molar-refractivity contribution >= 4 is 23.3 Å². The highest BCUT2D eigenvalue weighted by Crippen LogP contribution is 2.12. The molecule has 1 amide bonds. The number of aromatic nitrogens is 2. The molecular formula is C21H21ClN4O. The van der Waals surface area contributed by atoms with Crippen LogP contribution in [0.5, 0.6) is 0 Å². The largest absolute Gasteiger partial charge is 0.370 e. The maximum atomic E-state index is 12.4. The second-order valence-corrected chi connectivity index (χ2v) is 6.64. The number of hydrogen-bond acceptors (Lipinski definition) is 4. The first-order valence-electron chi connectivity index (χ1n) is 8.75. The molecular weight excluding hydrogens is 360 g/mol. The topological polar surface area (TPSA) is 66.9 Å². The Morgan fingerprint density at radius 2 is 1.93 bits per heavy atom. The average molecular weight is 381 g/mol. The minimum Gasteiger partial charge on any atom is -0.370 e. The van der Waals surface area contributed by atoms with Gasteiger partial charge in [0, 0.05) is 24.2 Å². The smallest absolute Gasteiger partial charge is 0.270 e. The molecule has 6 heteroatoms. The van der Waals surface area contributed by atoms with Gasteiger partial charge in [0.05, 0.1) is 0 Å². The van der Waals surface area contributed by atoms with Gasteiger partial charge in [0.25, 0.3) is 5.91 Å². The minimum absolute atomic E-state index is 0.224. The number of nitrogens with one attached hydrogen (secondary N) is 2. The van der Waals surface area contributed by atoms with Crippen LogP contribution in [-0.2, 0) is 13.0 Å². The zero-order valence-electron chi connectivity index (χ0n) is 15.1. The van der Waals surface area contributed by atoms with E-state index in [0.717, 1.165) is 28.1 Å². The molecule has 0 atom stereocenters. The lowest BCUT2D eigenvalue weighted by Gasteiger charge is -2.09. The number of halogens is 1. The van der Waals surface area contributed by atoms with E-state index >= 15 is 0 Å². The van der Waals surface area contributed by atoms with Gasteiger partial charge in [0.15, 0.2) is 0 Å². The molecule has 2 N–H and O–H groups in total. The Bertz CT molecular complexity index is 929. The number of anilines is 1. The van der Waals surface area contributed by atoms with Crippen molar-refractivity contribution in [1.82, 2.24) is 15.3 Å². The van der Waals surface area contributed by atoms with Crippen molar-refractivity contribution in [2.75, 3.05) is 11.9 Å². The lowest BCUT2D eigenvalue weighted by Crippen LogP contribution is -2.24. The van der Waals surface area contributed by atoms with Gasteiger partial charge >= 0.3 is 0 Å². The second kappa shape index (κ2) is 9.14. The lowest BCUT2D eigenvalue weighted by atomic mass is 10.1. The Balaban J connectivity index is 1.54. The number of rotatable bonds is 7. The molecule has 0 saturated carbocycles. The van der Waals surface area contributed by atoms with Gasteiger partial charge in [-0.1, -0.05) is 48.0 Å². The summed E-state index contributed by atoms with van der Waals surface area (Å²) in [6.07, 6.45) is 2.20. The zero-order chi connectivity index (χ0) is 19.1. The SMILES string of the molecule is Cc1ccccc1CNC(=O)c1cc(NCCc2cccc(Cl)c2)ncn1. The third-order valence-electron chi connectivity index (χ3n) is 4.21. The van der Waals surface area contributed by atoms with E-state index in [4.69, 9.17) is 11.6 Å². The molecule has 0 fully saturated rings. The summed E-state index contributed by atoms with van der Waals surface area (Å²) in [6, 6.07) is 17.4. The zero-order valence-corrected chi connectivity index (χ0v) is 15.8. The van der Waals surface area contributed by atoms with Gasteiger partial charge in [-0.05, 0) is 42.2 Å². The molecule has 138 valence electrons. The molecule has 2 aromatic carbocycles. The van der Waals surface area contributed by atoms with Crippen LogP contribution in [0.3, 0.4) is 0 Å². The first-order chi connectivity index (χ1) is 13.1. The molecule has 1 aromatic heterocycles. The predicted molar refractivity (Wildman–Crippen MR) is 108 cm³/mol. The summed E-state index contributed by atoms with van der Waals surface area (Å²) < 4.78 is 0. The maximum absolute atomic E-state index is 12.4. The van der Waals surface area contributed by atoms with Crippen LogP contribution in [0.15, 0.2) is 60.9 Å². The standard InChI is InChI=1S/C21H21ClN4O/c1-15-5-2-3-7-17(15)13-24-21(27)19-12-20(26-14-25-19)23-10-9-16-6-4-8-18(22)11-16/h2-8,11-12,14H,9-10,13H2,1H3,(H,24,27)(H,23,25,26). The lowest BCUT2D eigenvalue weighted by molar-refractivity contribution is 0.0945. The van der Waals surface area contributed by atoms with Crippen molar-refractivity contribution < 1.29 is 4.79 Å². The molecule has 3 rings (SSSR count). The molecule has 27 heavy (non-hydrogen) atoms. The molecule has 0 radical (unpaired) electrons. The van der Waals surface area contributed by atoms with Crippen LogP contribution in [0.2, 0.25) is 5.02 Å². The summed E-state index contributed by atoms with van der Waals surface area (Å²) in [5, 5.41) is 6.84. The Morgan fingerprint density at radius 3 is 2.74 bits per heavy atom. The summed E-state index contributed by atoms with van der Waals surface area (Å²) in [4.78, 5) is 20.6. The van der Waals surface area contributed by atoms with Crippen molar-refractivity contribution in [1.29, 1.82) is 0 Å². The predicted octanol–water partition coefficient (Wildman–Crippen LogP) is 4.02. The molecule has 0 bridgehead atoms. The summed E-state index contributed by atoms with van der Waals surface area (Å²) >= 11 is 5.99. The van der Waals surface area contributed by atoms with Crippen LogP contribution in [0.1, 0.15) is 27.2 Å². The van der Waals surface area contributed by atoms with Crippen LogP contribution in [0.25, 0.3) is 0 Å². The number of carbonyl (C=O) groups excluding carboxylic acids is 1. The van der Waals surface area contributed by atoms with Gasteiger partial charge < -0.3 is 10.6 Å². The fourth-order valence-corrected chi connectivity index (χ4v) is 2.89. The Hall–Kier alpha value is -2.92. The van der Waals surface area contributed by atoms with Crippen LogP contribution in [-0.4, -0.2) is 22.4 Å². The van der Waals surface area contributed by atoms with Gasteiger partial charge in [-0.15, -0.1) is 0 Å². The fraction of sp³-hybridized carbons (Fsp3) is 0.190. The highest BCUT2D eigenvalue weighted by atomic mass is 35.5. The Morgan fingerprint density at radius 1 is 1.07 bits per heavy atom. The van der Waals surface area contributed by atoms with Crippen molar-refractivity contribution in [2.45, 2.75) is 19.9 Å². The van der Waals surface area contributed by atoms with Crippen LogP contribution in [0.4, 0.5) is 5.82 Å². The van der Waals surface area contributed by atoms with E-state index in [1.165, 1.54) is 6.33 Å². The first kappa shape index (κ1) is 18.9. The molecule has 1 heterocycles. The number of aryl methyl sites for hydroxylation is 1. The molecule has 0 unspecified atom stereocenters. The molecule has 0 aliphatic heterocycles. The number of carbonyl (C=O) groups is 1. The number of hydrogen-bond donors (Lipinski definition) is 2. The first-order valence-corrected chi connectivity index (χ1v) is 9.12. The van der Waals surface area contributed by atoms with Gasteiger partial charge in [0.2, 0.25) is 0 Å². The molecule has 0 saturated heterocycles. The second-order valence-electron chi connectivity index (χ2n) is 6.20. The Labute approximate surface area is 163 Å². The summed E-state index contributed by atoms with van der Waals surface area (Å²) in [5.41, 5.74) is 3.70. The van der Waals surface area contributed by atoms with E-state index in [9.17, 15) is 4.79 Å². The van der Waals surface area contributed by atoms with Crippen molar-refractivity contribution in [2.24, 2.45) is 0 Å². The summed E-state index contributed by atoms with van der Waals surface area (Å²) in [6.45, 7) is 3.17. The fourth-order valence-electron chi connectivity index (χ4n) is 2.68. The highest BCUT2D eigenvalue weighted by Gasteiger charge is 2.09. The van der Waals surface area contributed by atoms with Crippen molar-refractivity contribution in [3.63, 3.8) is 0 Å². The van der Waals surface area contributed by atoms with Crippen LogP contribution < -0.4 is 10.6 Å². The third kappa shape index (κ3) is 5.53. The number of amides is 1. The minimum atomic E-state index is -0.224. The molecule has 0 spiro atoms. The maximum Gasteiger partial charge on any atom is 0.270 e. The van der Waals surface area contributed by atoms with Gasteiger partial charge in [-0.25, -0.2) is 9.97 Å². The van der Waals surface area contributed by atoms with Crippen LogP contribution >= 0.6 is 11.6 Å². The monoisotopic (exact) mass is 380 g/mol. The van der Waals surface area contributed by atoms with E-state index < -0.39 is 0 Å². The third-order valence-corrected chi connectivity index (χ3v) is 4.44. The quantitative estimate of drug-likeness (QED) is 0.649. The molecule has 0 aliphatic rings. The van der Waals surface area contributed by atoms with Crippen molar-refractivity contribution in [3.05, 3.63) is 88.3 Å². The number of benzene rings is 2. The normalized spacial score (nSPS) is 10.4. The average Bonchev–Trinajstić information content (AvgIpc) is 2.67. The van der Waals surface area contributed by atoms with Gasteiger partial charge in [0.1, 0.15) is 17.8 Å². The summed E-state index contributed by atoms with van der Waals surface area (Å²) in [7, 11) is 0. The number of nitrogens with zero attached hydrogens (tertiary/aromatic N) is 2. The van der Waals surface area contributed by atoms with Gasteiger partial charge in [-0.3, -0.25) is 4.79 Å². The highest BCUT2D eigenvalue weighted by molar-refractivity contribution is 6.30.